The first-order chi connectivity index (χ1) is 14.3. The van der Waals surface area contributed by atoms with Gasteiger partial charge in [-0.1, -0.05) is 11.6 Å². The lowest BCUT2D eigenvalue weighted by molar-refractivity contribution is -0.384. The second-order valence-electron chi connectivity index (χ2n) is 6.14. The van der Waals surface area contributed by atoms with E-state index in [0.29, 0.717) is 11.4 Å². The number of nitrogens with one attached hydrogen (secondary N) is 1. The maximum absolute atomic E-state index is 12.1. The van der Waals surface area contributed by atoms with E-state index in [2.05, 4.69) is 5.32 Å². The molecule has 10 heteroatoms. The minimum atomic E-state index is -0.706. The van der Waals surface area contributed by atoms with Gasteiger partial charge >= 0.3 is 5.97 Å². The van der Waals surface area contributed by atoms with Gasteiger partial charge in [-0.05, 0) is 42.8 Å². The van der Waals surface area contributed by atoms with Gasteiger partial charge in [0.2, 0.25) is 11.7 Å². The number of rotatable bonds is 10. The van der Waals surface area contributed by atoms with Crippen LogP contribution in [0.5, 0.6) is 5.75 Å². The van der Waals surface area contributed by atoms with Crippen molar-refractivity contribution in [1.82, 2.24) is 0 Å². The molecule has 2 aromatic carbocycles. The maximum atomic E-state index is 12.1. The van der Waals surface area contributed by atoms with Gasteiger partial charge in [-0.15, -0.1) is 0 Å². The molecule has 0 bridgehead atoms. The Balaban J connectivity index is 1.73. The topological polar surface area (TPSA) is 125 Å². The number of carbonyl (C=O) groups excluding carboxylic acids is 3. The van der Waals surface area contributed by atoms with E-state index >= 15 is 0 Å². The number of nitro benzene ring substituents is 1. The maximum Gasteiger partial charge on any atom is 0.306 e. The summed E-state index contributed by atoms with van der Waals surface area (Å²) in [4.78, 5) is 45.9. The lowest BCUT2D eigenvalue weighted by Crippen LogP contribution is -2.15. The van der Waals surface area contributed by atoms with Crippen LogP contribution in [0.2, 0.25) is 5.02 Å². The highest BCUT2D eigenvalue weighted by Gasteiger charge is 2.17. The van der Waals surface area contributed by atoms with Gasteiger partial charge in [-0.25, -0.2) is 0 Å². The van der Waals surface area contributed by atoms with Crippen molar-refractivity contribution in [3.63, 3.8) is 0 Å². The van der Waals surface area contributed by atoms with Crippen LogP contribution in [0.15, 0.2) is 42.5 Å². The second kappa shape index (κ2) is 10.9. The van der Waals surface area contributed by atoms with Gasteiger partial charge in [0.05, 0.1) is 12.0 Å². The molecule has 0 spiro atoms. The van der Waals surface area contributed by atoms with Gasteiger partial charge in [0.1, 0.15) is 10.8 Å². The summed E-state index contributed by atoms with van der Waals surface area (Å²) in [6.07, 6.45) is 0.282. The third-order valence-electron chi connectivity index (χ3n) is 3.99. The predicted molar refractivity (Wildman–Crippen MR) is 109 cm³/mol. The molecule has 0 aliphatic carbocycles. The fraction of sp³-hybridized carbons (Fsp3) is 0.250. The number of halogens is 1. The van der Waals surface area contributed by atoms with E-state index in [0.717, 1.165) is 6.07 Å². The molecule has 0 fully saturated rings. The van der Waals surface area contributed by atoms with Crippen molar-refractivity contribution in [2.75, 3.05) is 19.0 Å². The zero-order valence-corrected chi connectivity index (χ0v) is 16.8. The molecule has 1 N–H and O–H groups in total. The van der Waals surface area contributed by atoms with E-state index in [1.807, 2.05) is 0 Å². The first-order valence-corrected chi connectivity index (χ1v) is 9.24. The lowest BCUT2D eigenvalue weighted by Gasteiger charge is -2.07. The number of amides is 1. The van der Waals surface area contributed by atoms with Crippen LogP contribution in [0.4, 0.5) is 11.4 Å². The van der Waals surface area contributed by atoms with Crippen LogP contribution < -0.4 is 10.1 Å². The van der Waals surface area contributed by atoms with E-state index in [9.17, 15) is 24.5 Å². The minimum absolute atomic E-state index is 0.0118. The molecule has 0 aromatic heterocycles. The summed E-state index contributed by atoms with van der Waals surface area (Å²) >= 11 is 5.69. The highest BCUT2D eigenvalue weighted by Crippen LogP contribution is 2.25. The van der Waals surface area contributed by atoms with E-state index in [-0.39, 0.29) is 35.8 Å². The third-order valence-corrected chi connectivity index (χ3v) is 4.31. The van der Waals surface area contributed by atoms with E-state index in [1.165, 1.54) is 12.1 Å². The van der Waals surface area contributed by atoms with Gasteiger partial charge in [-0.2, -0.15) is 0 Å². The van der Waals surface area contributed by atoms with Gasteiger partial charge in [-0.3, -0.25) is 24.5 Å². The number of methoxy groups -OCH3 is 1. The molecule has 0 saturated heterocycles. The van der Waals surface area contributed by atoms with E-state index in [4.69, 9.17) is 21.1 Å². The van der Waals surface area contributed by atoms with Gasteiger partial charge in [0, 0.05) is 30.2 Å². The zero-order chi connectivity index (χ0) is 22.1. The largest absolute Gasteiger partial charge is 0.497 e. The van der Waals surface area contributed by atoms with Crippen LogP contribution in [0.25, 0.3) is 0 Å². The number of benzene rings is 2. The van der Waals surface area contributed by atoms with Gasteiger partial charge in [0.15, 0.2) is 6.61 Å². The number of nitrogens with zero attached hydrogens (tertiary/aromatic N) is 1. The van der Waals surface area contributed by atoms with E-state index in [1.54, 1.807) is 31.4 Å². The van der Waals surface area contributed by atoms with Crippen LogP contribution in [0.3, 0.4) is 0 Å². The van der Waals surface area contributed by atoms with Crippen LogP contribution in [0.1, 0.15) is 29.6 Å². The number of hydrogen-bond donors (Lipinski definition) is 1. The number of anilines is 1. The Kier molecular flexibility index (Phi) is 8.30. The Bertz CT molecular complexity index is 945. The molecule has 158 valence electrons. The molecule has 30 heavy (non-hydrogen) atoms. The SMILES string of the molecule is COc1ccc(NC(=O)CCCC(=O)OCC(=O)c2ccc(Cl)c([N+](=O)[O-])c2)cc1. The number of carbonyl (C=O) groups is 3. The number of esters is 1. The van der Waals surface area contributed by atoms with Crippen molar-refractivity contribution in [1.29, 1.82) is 0 Å². The molecule has 0 radical (unpaired) electrons. The highest BCUT2D eigenvalue weighted by molar-refractivity contribution is 6.32. The number of nitro groups is 1. The molecule has 0 heterocycles. The van der Waals surface area contributed by atoms with Crippen molar-refractivity contribution in [3.05, 3.63) is 63.2 Å². The Morgan fingerprint density at radius 1 is 1.10 bits per heavy atom. The van der Waals surface area contributed by atoms with Crippen molar-refractivity contribution in [2.24, 2.45) is 0 Å². The summed E-state index contributed by atoms with van der Waals surface area (Å²) < 4.78 is 9.91. The normalized spacial score (nSPS) is 10.2. The molecular weight excluding hydrogens is 416 g/mol. The minimum Gasteiger partial charge on any atom is -0.497 e. The Morgan fingerprint density at radius 3 is 2.43 bits per heavy atom. The number of ether oxygens (including phenoxy) is 2. The fourth-order valence-corrected chi connectivity index (χ4v) is 2.61. The average molecular weight is 435 g/mol. The summed E-state index contributed by atoms with van der Waals surface area (Å²) in [5, 5.41) is 13.5. The highest BCUT2D eigenvalue weighted by atomic mass is 35.5. The van der Waals surface area contributed by atoms with Crippen LogP contribution in [-0.2, 0) is 14.3 Å². The second-order valence-corrected chi connectivity index (χ2v) is 6.54. The van der Waals surface area contributed by atoms with Gasteiger partial charge in [0.25, 0.3) is 5.69 Å². The molecule has 0 unspecified atom stereocenters. The summed E-state index contributed by atoms with van der Waals surface area (Å²) in [7, 11) is 1.54. The fourth-order valence-electron chi connectivity index (χ4n) is 2.42. The predicted octanol–water partition coefficient (Wildman–Crippen LogP) is 3.79. The Morgan fingerprint density at radius 2 is 1.80 bits per heavy atom. The average Bonchev–Trinajstić information content (AvgIpc) is 2.72. The van der Waals surface area contributed by atoms with Crippen molar-refractivity contribution < 1.29 is 28.8 Å². The molecule has 9 nitrogen and oxygen atoms in total. The molecule has 0 atom stereocenters. The van der Waals surface area contributed by atoms with Crippen molar-refractivity contribution >= 4 is 40.6 Å². The Labute approximate surface area is 177 Å². The third kappa shape index (κ3) is 6.85. The zero-order valence-electron chi connectivity index (χ0n) is 16.1. The molecule has 2 aromatic rings. The number of Topliss-reactive ketones (excluding diaryl/α,β-unsaturated/α-hetero) is 1. The van der Waals surface area contributed by atoms with Crippen LogP contribution in [-0.4, -0.2) is 36.3 Å². The van der Waals surface area contributed by atoms with Crippen LogP contribution in [0, 0.1) is 10.1 Å². The summed E-state index contributed by atoms with van der Waals surface area (Å²) in [5.41, 5.74) is 0.209. The number of hydrogen-bond acceptors (Lipinski definition) is 7. The van der Waals surface area contributed by atoms with Crippen molar-refractivity contribution in [2.45, 2.75) is 19.3 Å². The summed E-state index contributed by atoms with van der Waals surface area (Å²) in [6, 6.07) is 10.4. The molecule has 1 amide bonds. The van der Waals surface area contributed by atoms with E-state index < -0.39 is 29.0 Å². The first kappa shape index (κ1) is 22.8. The standard InChI is InChI=1S/C20H19ClN2O7/c1-29-15-8-6-14(7-9-15)22-19(25)3-2-4-20(26)30-12-18(24)13-5-10-16(21)17(11-13)23(27)28/h5-11H,2-4,12H2,1H3,(H,22,25). The quantitative estimate of drug-likeness (QED) is 0.261. The monoisotopic (exact) mass is 434 g/mol. The smallest absolute Gasteiger partial charge is 0.306 e. The molecule has 0 saturated carbocycles. The molecular formula is C20H19ClN2O7. The molecule has 0 aliphatic rings. The Hall–Kier alpha value is -3.46. The molecule has 0 aliphatic heterocycles. The lowest BCUT2D eigenvalue weighted by atomic mass is 10.1. The molecule has 2 rings (SSSR count). The van der Waals surface area contributed by atoms with Crippen molar-refractivity contribution in [3.8, 4) is 5.75 Å². The summed E-state index contributed by atoms with van der Waals surface area (Å²) in [5.74, 6) is -0.847. The summed E-state index contributed by atoms with van der Waals surface area (Å²) in [6.45, 7) is -0.560. The number of ketones is 1. The van der Waals surface area contributed by atoms with Gasteiger partial charge < -0.3 is 14.8 Å². The van der Waals surface area contributed by atoms with Crippen LogP contribution >= 0.6 is 11.6 Å². The first-order valence-electron chi connectivity index (χ1n) is 8.87.